The number of benzene rings is 1. The smallest absolute Gasteiger partial charge is 0.241 e. The molecule has 108 valence electrons. The lowest BCUT2D eigenvalue weighted by molar-refractivity contribution is 0.469. The van der Waals surface area contributed by atoms with E-state index >= 15 is 0 Å². The summed E-state index contributed by atoms with van der Waals surface area (Å²) in [6.07, 6.45) is 0.947. The lowest BCUT2D eigenvalue weighted by atomic mass is 10.3. The third-order valence-corrected chi connectivity index (χ3v) is 4.56. The quantitative estimate of drug-likeness (QED) is 0.538. The highest BCUT2D eigenvalue weighted by Gasteiger charge is 2.13. The molecular formula is C14H13BrN4OS. The fourth-order valence-electron chi connectivity index (χ4n) is 1.90. The summed E-state index contributed by atoms with van der Waals surface area (Å²) in [5, 5.41) is 0.899. The second-order valence-corrected chi connectivity index (χ2v) is 6.37. The van der Waals surface area contributed by atoms with Crippen LogP contribution in [-0.2, 0) is 6.42 Å². The second kappa shape index (κ2) is 5.97. The van der Waals surface area contributed by atoms with Gasteiger partial charge in [-0.05, 0) is 30.7 Å². The summed E-state index contributed by atoms with van der Waals surface area (Å²) in [7, 11) is 0. The molecule has 7 heteroatoms. The van der Waals surface area contributed by atoms with Crippen molar-refractivity contribution in [3.8, 4) is 11.6 Å². The van der Waals surface area contributed by atoms with Gasteiger partial charge in [-0.2, -0.15) is 4.98 Å². The number of thiophene rings is 1. The first-order valence-corrected chi connectivity index (χ1v) is 8.01. The number of aromatic nitrogens is 2. The lowest BCUT2D eigenvalue weighted by Crippen LogP contribution is -2.10. The summed E-state index contributed by atoms with van der Waals surface area (Å²) in [4.78, 5) is 10.8. The van der Waals surface area contributed by atoms with Crippen LogP contribution in [0.4, 0.5) is 5.95 Å². The molecule has 1 aromatic carbocycles. The van der Waals surface area contributed by atoms with Gasteiger partial charge in [-0.3, -0.25) is 5.43 Å². The number of nitrogens with one attached hydrogen (secondary N) is 1. The zero-order chi connectivity index (χ0) is 14.8. The van der Waals surface area contributed by atoms with Gasteiger partial charge >= 0.3 is 0 Å². The van der Waals surface area contributed by atoms with Crippen LogP contribution in [0.25, 0.3) is 10.2 Å². The van der Waals surface area contributed by atoms with E-state index < -0.39 is 0 Å². The fourth-order valence-corrected chi connectivity index (χ4v) is 3.24. The van der Waals surface area contributed by atoms with E-state index in [1.54, 1.807) is 11.3 Å². The predicted molar refractivity (Wildman–Crippen MR) is 88.8 cm³/mol. The minimum absolute atomic E-state index is 0.344. The minimum Gasteiger partial charge on any atom is -0.438 e. The predicted octanol–water partition coefficient (Wildman–Crippen LogP) is 4.09. The van der Waals surface area contributed by atoms with Gasteiger partial charge in [0.15, 0.2) is 0 Å². The molecule has 3 rings (SSSR count). The largest absolute Gasteiger partial charge is 0.438 e. The molecule has 0 radical (unpaired) electrons. The Bertz CT molecular complexity index is 790. The topological polar surface area (TPSA) is 73.1 Å². The number of nitrogens with two attached hydrogens (primary N) is 1. The number of fused-ring (bicyclic) bond motifs is 1. The Morgan fingerprint density at radius 2 is 2.19 bits per heavy atom. The van der Waals surface area contributed by atoms with E-state index in [-0.39, 0.29) is 0 Å². The van der Waals surface area contributed by atoms with Crippen LogP contribution in [0.15, 0.2) is 34.8 Å². The molecule has 0 saturated heterocycles. The van der Waals surface area contributed by atoms with Crippen LogP contribution in [0.5, 0.6) is 11.6 Å². The monoisotopic (exact) mass is 364 g/mol. The van der Waals surface area contributed by atoms with Crippen LogP contribution in [0.3, 0.4) is 0 Å². The van der Waals surface area contributed by atoms with Gasteiger partial charge in [-0.25, -0.2) is 10.8 Å². The third kappa shape index (κ3) is 2.99. The Morgan fingerprint density at radius 3 is 2.90 bits per heavy atom. The van der Waals surface area contributed by atoms with Gasteiger partial charge in [0.05, 0.1) is 5.39 Å². The average molecular weight is 365 g/mol. The molecule has 0 aliphatic carbocycles. The molecule has 3 aromatic rings. The first kappa shape index (κ1) is 14.2. The van der Waals surface area contributed by atoms with Crippen molar-refractivity contribution in [2.24, 2.45) is 5.84 Å². The third-order valence-electron chi connectivity index (χ3n) is 2.90. The molecule has 0 bridgehead atoms. The van der Waals surface area contributed by atoms with Gasteiger partial charge in [0.2, 0.25) is 11.8 Å². The van der Waals surface area contributed by atoms with Crippen LogP contribution in [0.2, 0.25) is 0 Å². The van der Waals surface area contributed by atoms with Crippen LogP contribution in [-0.4, -0.2) is 9.97 Å². The molecule has 2 heterocycles. The van der Waals surface area contributed by atoms with Gasteiger partial charge in [0, 0.05) is 9.35 Å². The molecule has 0 fully saturated rings. The van der Waals surface area contributed by atoms with E-state index in [4.69, 9.17) is 10.6 Å². The van der Waals surface area contributed by atoms with E-state index in [2.05, 4.69) is 44.3 Å². The van der Waals surface area contributed by atoms with Crippen LogP contribution in [0, 0.1) is 0 Å². The maximum atomic E-state index is 5.90. The molecule has 2 aromatic heterocycles. The van der Waals surface area contributed by atoms with Crippen molar-refractivity contribution in [3.05, 3.63) is 39.7 Å². The second-order valence-electron chi connectivity index (χ2n) is 4.34. The summed E-state index contributed by atoms with van der Waals surface area (Å²) < 4.78 is 6.85. The number of hydrazine groups is 1. The van der Waals surface area contributed by atoms with Crippen molar-refractivity contribution < 1.29 is 4.74 Å². The molecule has 0 aliphatic rings. The molecule has 21 heavy (non-hydrogen) atoms. The highest BCUT2D eigenvalue weighted by molar-refractivity contribution is 9.10. The highest BCUT2D eigenvalue weighted by Crippen LogP contribution is 2.34. The van der Waals surface area contributed by atoms with Gasteiger partial charge in [-0.1, -0.05) is 28.9 Å². The molecule has 0 unspecified atom stereocenters. The highest BCUT2D eigenvalue weighted by atomic mass is 79.9. The number of rotatable bonds is 4. The van der Waals surface area contributed by atoms with Crippen LogP contribution < -0.4 is 16.0 Å². The van der Waals surface area contributed by atoms with Crippen molar-refractivity contribution in [2.75, 3.05) is 5.43 Å². The van der Waals surface area contributed by atoms with Crippen molar-refractivity contribution in [1.29, 1.82) is 0 Å². The summed E-state index contributed by atoms with van der Waals surface area (Å²) in [6.45, 7) is 2.11. The number of anilines is 1. The van der Waals surface area contributed by atoms with E-state index in [1.165, 1.54) is 4.88 Å². The van der Waals surface area contributed by atoms with Crippen LogP contribution >= 0.6 is 27.3 Å². The van der Waals surface area contributed by atoms with E-state index in [9.17, 15) is 0 Å². The number of nitrogens with zero attached hydrogens (tertiary/aromatic N) is 2. The zero-order valence-corrected chi connectivity index (χ0v) is 13.7. The maximum absolute atomic E-state index is 5.90. The summed E-state index contributed by atoms with van der Waals surface area (Å²) in [5.41, 5.74) is 2.48. The standard InChI is InChI=1S/C14H13BrN4OS/c1-2-10-7-11-12(17-14(19-16)18-13(11)21-10)20-9-5-3-4-8(15)6-9/h3-7H,2,16H2,1H3,(H,17,18,19). The number of hydrogen-bond acceptors (Lipinski definition) is 6. The van der Waals surface area contributed by atoms with Crippen molar-refractivity contribution in [2.45, 2.75) is 13.3 Å². The molecule has 5 nitrogen and oxygen atoms in total. The number of nitrogen functional groups attached to an aromatic ring is 1. The van der Waals surface area contributed by atoms with Gasteiger partial charge in [0.25, 0.3) is 0 Å². The minimum atomic E-state index is 0.344. The maximum Gasteiger partial charge on any atom is 0.241 e. The molecule has 3 N–H and O–H groups in total. The Hall–Kier alpha value is -1.70. The summed E-state index contributed by atoms with van der Waals surface area (Å²) in [5.74, 6) is 6.98. The van der Waals surface area contributed by atoms with E-state index in [1.807, 2.05) is 24.3 Å². The molecule has 0 amide bonds. The Balaban J connectivity index is 2.09. The van der Waals surface area contributed by atoms with Crippen molar-refractivity contribution in [1.82, 2.24) is 9.97 Å². The Kier molecular flexibility index (Phi) is 4.05. The Labute approximate surface area is 134 Å². The average Bonchev–Trinajstić information content (AvgIpc) is 2.90. The first-order chi connectivity index (χ1) is 10.2. The van der Waals surface area contributed by atoms with E-state index in [0.29, 0.717) is 17.6 Å². The van der Waals surface area contributed by atoms with Gasteiger partial charge in [-0.15, -0.1) is 11.3 Å². The molecule has 0 aliphatic heterocycles. The first-order valence-electron chi connectivity index (χ1n) is 6.40. The zero-order valence-electron chi connectivity index (χ0n) is 11.3. The SMILES string of the molecule is CCc1cc2c(Oc3cccc(Br)c3)nc(NN)nc2s1. The number of ether oxygens (including phenoxy) is 1. The van der Waals surface area contributed by atoms with Crippen molar-refractivity contribution in [3.63, 3.8) is 0 Å². The summed E-state index contributed by atoms with van der Waals surface area (Å²) >= 11 is 5.04. The van der Waals surface area contributed by atoms with Crippen LogP contribution in [0.1, 0.15) is 11.8 Å². The fraction of sp³-hybridized carbons (Fsp3) is 0.143. The lowest BCUT2D eigenvalue weighted by Gasteiger charge is -2.07. The van der Waals surface area contributed by atoms with Crippen molar-refractivity contribution >= 4 is 43.4 Å². The molecular weight excluding hydrogens is 352 g/mol. The molecule has 0 atom stereocenters. The Morgan fingerprint density at radius 1 is 1.33 bits per heavy atom. The molecule has 0 spiro atoms. The number of aryl methyl sites for hydroxylation is 1. The number of hydrogen-bond donors (Lipinski definition) is 2. The summed E-state index contributed by atoms with van der Waals surface area (Å²) in [6, 6.07) is 9.67. The molecule has 0 saturated carbocycles. The van der Waals surface area contributed by atoms with E-state index in [0.717, 1.165) is 21.1 Å². The number of halogens is 1. The van der Waals surface area contributed by atoms with Gasteiger partial charge < -0.3 is 4.74 Å². The van der Waals surface area contributed by atoms with Gasteiger partial charge in [0.1, 0.15) is 10.6 Å². The normalized spacial score (nSPS) is 10.8.